The molecule has 0 spiro atoms. The van der Waals surface area contributed by atoms with E-state index in [2.05, 4.69) is 230 Å². The smallest absolute Gasteiger partial charge is 0.0553 e. The highest BCUT2D eigenvalue weighted by atomic mass is 32.2. The number of aromatic nitrogens is 1. The zero-order chi connectivity index (χ0) is 40.7. The van der Waals surface area contributed by atoms with Crippen LogP contribution in [-0.4, -0.2) is 4.57 Å². The van der Waals surface area contributed by atoms with Crippen LogP contribution in [0.4, 0.5) is 17.1 Å². The maximum atomic E-state index is 2.51. The Kier molecular flexibility index (Phi) is 8.42. The van der Waals surface area contributed by atoms with Crippen molar-refractivity contribution in [2.24, 2.45) is 0 Å². The van der Waals surface area contributed by atoms with Crippen LogP contribution < -0.4 is 4.90 Å². The van der Waals surface area contributed by atoms with Crippen molar-refractivity contribution >= 4 is 62.4 Å². The SMILES string of the molecule is CC1(C)c2ccccc2-c2cc3c4cc5c(cc4n(-c4ccc(N(c6ccc(-c7ccccc7)cc6)c6ccc(-c7ccccc7)cc6)cc4)c3cc21)Sc1ccccc1S5. The number of nitrogens with zero attached hydrogens (tertiary/aromatic N) is 2. The molecule has 0 N–H and O–H groups in total. The van der Waals surface area contributed by atoms with Gasteiger partial charge in [-0.25, -0.2) is 0 Å². The topological polar surface area (TPSA) is 8.17 Å². The second-order valence-electron chi connectivity index (χ2n) is 16.6. The lowest BCUT2D eigenvalue weighted by molar-refractivity contribution is 0.661. The van der Waals surface area contributed by atoms with Crippen molar-refractivity contribution in [3.8, 4) is 39.1 Å². The van der Waals surface area contributed by atoms with E-state index in [0.29, 0.717) is 0 Å². The number of anilines is 3. The summed E-state index contributed by atoms with van der Waals surface area (Å²) < 4.78 is 2.51. The largest absolute Gasteiger partial charge is 0.311 e. The summed E-state index contributed by atoms with van der Waals surface area (Å²) in [6.45, 7) is 4.75. The molecule has 2 aliphatic rings. The number of fused-ring (bicyclic) bond motifs is 8. The Morgan fingerprint density at radius 1 is 0.377 bits per heavy atom. The average molecular weight is 817 g/mol. The van der Waals surface area contributed by atoms with Gasteiger partial charge < -0.3 is 9.47 Å². The van der Waals surface area contributed by atoms with Gasteiger partial charge in [0.25, 0.3) is 0 Å². The summed E-state index contributed by atoms with van der Waals surface area (Å²) in [4.78, 5) is 7.63. The molecule has 0 atom stereocenters. The van der Waals surface area contributed by atoms with Gasteiger partial charge in [-0.3, -0.25) is 0 Å². The summed E-state index contributed by atoms with van der Waals surface area (Å²) in [5, 5.41) is 2.57. The van der Waals surface area contributed by atoms with Crippen molar-refractivity contribution < 1.29 is 0 Å². The molecule has 0 amide bonds. The molecule has 1 aliphatic carbocycles. The van der Waals surface area contributed by atoms with Gasteiger partial charge in [0.15, 0.2) is 0 Å². The molecule has 0 radical (unpaired) electrons. The van der Waals surface area contributed by atoms with Gasteiger partial charge in [0.2, 0.25) is 0 Å². The molecule has 290 valence electrons. The van der Waals surface area contributed by atoms with Crippen LogP contribution in [0.1, 0.15) is 25.0 Å². The van der Waals surface area contributed by atoms with E-state index in [9.17, 15) is 0 Å². The minimum Gasteiger partial charge on any atom is -0.311 e. The van der Waals surface area contributed by atoms with E-state index in [1.807, 2.05) is 23.5 Å². The number of benzene rings is 9. The third-order valence-corrected chi connectivity index (χ3v) is 15.2. The second-order valence-corrected chi connectivity index (χ2v) is 18.7. The quantitative estimate of drug-likeness (QED) is 0.165. The van der Waals surface area contributed by atoms with Crippen LogP contribution in [0, 0.1) is 0 Å². The lowest BCUT2D eigenvalue weighted by Gasteiger charge is -2.26. The molecule has 0 bridgehead atoms. The van der Waals surface area contributed by atoms with Gasteiger partial charge in [-0.15, -0.1) is 0 Å². The first kappa shape index (κ1) is 36.2. The molecule has 10 aromatic rings. The Morgan fingerprint density at radius 2 is 0.836 bits per heavy atom. The van der Waals surface area contributed by atoms with Crippen molar-refractivity contribution in [2.75, 3.05) is 4.90 Å². The number of hydrogen-bond donors (Lipinski definition) is 0. The number of hydrogen-bond acceptors (Lipinski definition) is 3. The molecule has 9 aromatic carbocycles. The highest BCUT2D eigenvalue weighted by Gasteiger charge is 2.36. The van der Waals surface area contributed by atoms with Crippen LogP contribution in [0.15, 0.2) is 226 Å². The van der Waals surface area contributed by atoms with Crippen molar-refractivity contribution in [1.29, 1.82) is 0 Å². The molecule has 4 heteroatoms. The van der Waals surface area contributed by atoms with Gasteiger partial charge in [-0.1, -0.05) is 159 Å². The highest BCUT2D eigenvalue weighted by Crippen LogP contribution is 2.54. The van der Waals surface area contributed by atoms with E-state index in [1.165, 1.54) is 85.9 Å². The third kappa shape index (κ3) is 5.96. The molecular formula is C57H40N2S2. The molecule has 2 nitrogen and oxygen atoms in total. The minimum atomic E-state index is -0.107. The van der Waals surface area contributed by atoms with E-state index in [1.54, 1.807) is 0 Å². The van der Waals surface area contributed by atoms with Gasteiger partial charge >= 0.3 is 0 Å². The first-order valence-electron chi connectivity index (χ1n) is 20.9. The minimum absolute atomic E-state index is 0.107. The van der Waals surface area contributed by atoms with E-state index in [-0.39, 0.29) is 5.41 Å². The summed E-state index contributed by atoms with van der Waals surface area (Å²) in [6, 6.07) is 75.9. The van der Waals surface area contributed by atoms with Gasteiger partial charge in [-0.05, 0) is 129 Å². The van der Waals surface area contributed by atoms with Crippen molar-refractivity contribution in [1.82, 2.24) is 4.57 Å². The van der Waals surface area contributed by atoms with E-state index in [4.69, 9.17) is 0 Å². The Labute approximate surface area is 365 Å². The van der Waals surface area contributed by atoms with Crippen LogP contribution in [0.5, 0.6) is 0 Å². The van der Waals surface area contributed by atoms with Gasteiger partial charge in [-0.2, -0.15) is 0 Å². The van der Waals surface area contributed by atoms with Crippen LogP contribution in [0.25, 0.3) is 60.9 Å². The average Bonchev–Trinajstić information content (AvgIpc) is 3.74. The van der Waals surface area contributed by atoms with Crippen LogP contribution in [-0.2, 0) is 5.41 Å². The summed E-state index contributed by atoms with van der Waals surface area (Å²) >= 11 is 3.77. The molecule has 0 saturated heterocycles. The lowest BCUT2D eigenvalue weighted by atomic mass is 9.82. The number of rotatable bonds is 6. The van der Waals surface area contributed by atoms with Gasteiger partial charge in [0.1, 0.15) is 0 Å². The molecule has 0 unspecified atom stereocenters. The first-order chi connectivity index (χ1) is 30.0. The highest BCUT2D eigenvalue weighted by molar-refractivity contribution is 8.05. The molecule has 61 heavy (non-hydrogen) atoms. The standard InChI is InChI=1S/C57H40N2S2/c1-57(2)49-18-10-9-17-45(49)46-33-47-48-34-55-56(61-54-20-12-11-19-53(54)60-55)36-52(48)59(51(47)35-50(46)57)44-31-29-43(30-32-44)58(41-25-21-39(22-26-41)37-13-5-3-6-14-37)42-27-23-40(24-28-42)38-15-7-4-8-16-38/h3-36H,1-2H3. The zero-order valence-electron chi connectivity index (χ0n) is 33.8. The molecule has 2 heterocycles. The van der Waals surface area contributed by atoms with Crippen LogP contribution >= 0.6 is 23.5 Å². The monoisotopic (exact) mass is 816 g/mol. The molecule has 0 fully saturated rings. The predicted octanol–water partition coefficient (Wildman–Crippen LogP) is 16.5. The van der Waals surface area contributed by atoms with E-state index < -0.39 is 0 Å². The fraction of sp³-hybridized carbons (Fsp3) is 0.0526. The Morgan fingerprint density at radius 3 is 1.43 bits per heavy atom. The second kappa shape index (κ2) is 14.2. The van der Waals surface area contributed by atoms with Crippen molar-refractivity contribution in [3.63, 3.8) is 0 Å². The Hall–Kier alpha value is -6.72. The predicted molar refractivity (Wildman–Crippen MR) is 259 cm³/mol. The Bertz CT molecular complexity index is 3210. The molecule has 1 aromatic heterocycles. The van der Waals surface area contributed by atoms with Crippen LogP contribution in [0.2, 0.25) is 0 Å². The maximum Gasteiger partial charge on any atom is 0.0553 e. The summed E-state index contributed by atoms with van der Waals surface area (Å²) in [7, 11) is 0. The molecule has 1 aliphatic heterocycles. The Balaban J connectivity index is 1.01. The fourth-order valence-electron chi connectivity index (χ4n) is 9.58. The first-order valence-corrected chi connectivity index (χ1v) is 22.5. The molecular weight excluding hydrogens is 777 g/mol. The summed E-state index contributed by atoms with van der Waals surface area (Å²) in [5.41, 5.74) is 17.1. The third-order valence-electron chi connectivity index (χ3n) is 12.7. The van der Waals surface area contributed by atoms with Crippen molar-refractivity contribution in [3.05, 3.63) is 217 Å². The summed E-state index contributed by atoms with van der Waals surface area (Å²) in [5.74, 6) is 0. The summed E-state index contributed by atoms with van der Waals surface area (Å²) in [6.07, 6.45) is 0. The normalized spacial score (nSPS) is 13.4. The van der Waals surface area contributed by atoms with Crippen LogP contribution in [0.3, 0.4) is 0 Å². The molecule has 12 rings (SSSR count). The zero-order valence-corrected chi connectivity index (χ0v) is 35.5. The molecule has 0 saturated carbocycles. The van der Waals surface area contributed by atoms with Gasteiger partial charge in [0.05, 0.1) is 11.0 Å². The van der Waals surface area contributed by atoms with E-state index >= 15 is 0 Å². The van der Waals surface area contributed by atoms with Gasteiger partial charge in [0, 0.05) is 58.5 Å². The fourth-order valence-corrected chi connectivity index (χ4v) is 11.8. The maximum absolute atomic E-state index is 2.51. The van der Waals surface area contributed by atoms with E-state index in [0.717, 1.165) is 22.7 Å². The van der Waals surface area contributed by atoms with Crippen molar-refractivity contribution in [2.45, 2.75) is 38.8 Å². The lowest BCUT2D eigenvalue weighted by Crippen LogP contribution is -2.15.